The molecule has 0 atom stereocenters. The number of hydrogen-bond donors (Lipinski definition) is 1. The van der Waals surface area contributed by atoms with Crippen LogP contribution in [0.5, 0.6) is 0 Å². The number of fused-ring (bicyclic) bond motifs is 1. The van der Waals surface area contributed by atoms with E-state index in [9.17, 15) is 8.78 Å². The zero-order valence-corrected chi connectivity index (χ0v) is 23.3. The monoisotopic (exact) mass is 666 g/mol. The Balaban J connectivity index is 1.26. The number of nitrogens with one attached hydrogen (secondary N) is 1. The summed E-state index contributed by atoms with van der Waals surface area (Å²) < 4.78 is 31.2. The summed E-state index contributed by atoms with van der Waals surface area (Å²) in [7, 11) is 0. The number of nitrogens with zero attached hydrogens (tertiary/aromatic N) is 5. The number of halogens is 4. The maximum absolute atomic E-state index is 13.9. The van der Waals surface area contributed by atoms with Gasteiger partial charge in [0.05, 0.1) is 10.7 Å². The Kier molecular flexibility index (Phi) is 7.73. The van der Waals surface area contributed by atoms with Gasteiger partial charge in [0.2, 0.25) is 0 Å². The predicted octanol–water partition coefficient (Wildman–Crippen LogP) is 6.33. The van der Waals surface area contributed by atoms with Gasteiger partial charge >= 0.3 is 3.93 Å². The number of pyridine rings is 1. The lowest BCUT2D eigenvalue weighted by molar-refractivity contribution is 0.127. The molecule has 188 valence electrons. The summed E-state index contributed by atoms with van der Waals surface area (Å²) in [4.78, 5) is 11.5. The number of likely N-dealkylation sites (tertiary alicyclic amines) is 1. The maximum Gasteiger partial charge on any atom is 0.316 e. The standard InChI is InChI=1S/C26H26BrF2IN6/c1-30-26(28,29)21-6-4-18(5-7-21)17-35-11-8-20(9-12-35)23-13-24(32-15-19-3-2-10-31-14-19)36-25(34-23)22(27)16-33-36/h2-7,10,13-14,16,20,32H,1,8-9,11-12,15,17H2. The van der Waals surface area contributed by atoms with Crippen molar-refractivity contribution in [3.8, 4) is 0 Å². The zero-order chi connectivity index (χ0) is 25.1. The van der Waals surface area contributed by atoms with E-state index in [-0.39, 0.29) is 5.56 Å². The number of piperidine rings is 1. The van der Waals surface area contributed by atoms with Gasteiger partial charge < -0.3 is 5.32 Å². The molecule has 5 rings (SSSR count). The lowest BCUT2D eigenvalue weighted by Crippen LogP contribution is -2.32. The number of rotatable bonds is 8. The number of hydrogen-bond acceptors (Lipinski definition) is 5. The van der Waals surface area contributed by atoms with Crippen LogP contribution in [0.3, 0.4) is 0 Å². The van der Waals surface area contributed by atoms with Crippen LogP contribution in [0.4, 0.5) is 14.6 Å². The fraction of sp³-hybridized carbons (Fsp3) is 0.308. The molecule has 0 radical (unpaired) electrons. The van der Waals surface area contributed by atoms with Crippen LogP contribution in [0.2, 0.25) is 0 Å². The van der Waals surface area contributed by atoms with Crippen molar-refractivity contribution in [2.24, 2.45) is 0 Å². The summed E-state index contributed by atoms with van der Waals surface area (Å²) in [5.74, 6) is 1.24. The van der Waals surface area contributed by atoms with Gasteiger partial charge in [-0.1, -0.05) is 34.8 Å². The number of aromatic nitrogens is 4. The molecule has 1 aliphatic rings. The normalized spacial score (nSPS) is 15.4. The van der Waals surface area contributed by atoms with Gasteiger partial charge in [0.25, 0.3) is 0 Å². The van der Waals surface area contributed by atoms with E-state index in [1.54, 1.807) is 24.5 Å². The lowest BCUT2D eigenvalue weighted by atomic mass is 9.93. The molecule has 4 aromatic rings. The molecular formula is C26H26BrF2IN6. The number of anilines is 1. The molecule has 0 spiro atoms. The molecule has 10 heteroatoms. The van der Waals surface area contributed by atoms with Gasteiger partial charge in [-0.3, -0.25) is 9.88 Å². The molecule has 0 aliphatic carbocycles. The van der Waals surface area contributed by atoms with Crippen molar-refractivity contribution < 1.29 is 8.78 Å². The molecular weight excluding hydrogens is 641 g/mol. The van der Waals surface area contributed by atoms with E-state index >= 15 is 0 Å². The van der Waals surface area contributed by atoms with Crippen LogP contribution in [0.1, 0.15) is 41.1 Å². The fourth-order valence-corrected chi connectivity index (χ4v) is 5.65. The van der Waals surface area contributed by atoms with Crippen molar-refractivity contribution in [3.05, 3.63) is 87.9 Å². The first-order valence-corrected chi connectivity index (χ1v) is 15.1. The molecule has 4 heterocycles. The quantitative estimate of drug-likeness (QED) is 0.176. The van der Waals surface area contributed by atoms with Crippen molar-refractivity contribution in [3.63, 3.8) is 0 Å². The molecule has 6 nitrogen and oxygen atoms in total. The van der Waals surface area contributed by atoms with Crippen molar-refractivity contribution in [2.45, 2.75) is 35.8 Å². The Morgan fingerprint density at radius 2 is 1.89 bits per heavy atom. The van der Waals surface area contributed by atoms with Crippen molar-refractivity contribution >= 4 is 52.6 Å². The first kappa shape index (κ1) is 25.3. The van der Waals surface area contributed by atoms with Gasteiger partial charge in [0, 0.05) is 48.7 Å². The van der Waals surface area contributed by atoms with Crippen LogP contribution < -0.4 is 5.32 Å². The van der Waals surface area contributed by atoms with Crippen LogP contribution in [-0.2, 0) is 17.0 Å². The van der Waals surface area contributed by atoms with Crippen molar-refractivity contribution in [1.29, 1.82) is 0 Å². The Bertz CT molecular complexity index is 1340. The van der Waals surface area contributed by atoms with Crippen molar-refractivity contribution in [2.75, 3.05) is 18.4 Å². The second-order valence-corrected chi connectivity index (χ2v) is 11.9. The van der Waals surface area contributed by atoms with E-state index in [2.05, 4.69) is 46.8 Å². The molecule has 1 fully saturated rings. The van der Waals surface area contributed by atoms with E-state index in [0.717, 1.165) is 65.2 Å². The highest BCUT2D eigenvalue weighted by molar-refractivity contribution is 14.2. The highest BCUT2D eigenvalue weighted by Gasteiger charge is 2.28. The van der Waals surface area contributed by atoms with Gasteiger partial charge in [-0.05, 0) is 79.8 Å². The van der Waals surface area contributed by atoms with E-state index in [1.165, 1.54) is 0 Å². The van der Waals surface area contributed by atoms with Crippen LogP contribution in [0.25, 0.3) is 5.65 Å². The minimum Gasteiger partial charge on any atom is -0.366 e. The van der Waals surface area contributed by atoms with E-state index in [0.29, 0.717) is 12.5 Å². The smallest absolute Gasteiger partial charge is 0.316 e. The minimum atomic E-state index is -2.76. The molecule has 3 aromatic heterocycles. The largest absolute Gasteiger partial charge is 0.366 e. The SMILES string of the molecule is C=IC(F)(F)c1ccc(CN2CCC(c3cc(NCc4cccnc4)n4ncc(Br)c4n3)CC2)cc1. The van der Waals surface area contributed by atoms with Crippen LogP contribution in [0, 0.1) is 0 Å². The third-order valence-corrected chi connectivity index (χ3v) is 8.65. The summed E-state index contributed by atoms with van der Waals surface area (Å²) in [5, 5.41) is 7.97. The first-order chi connectivity index (χ1) is 17.4. The highest BCUT2D eigenvalue weighted by atomic mass is 127. The third-order valence-electron chi connectivity index (χ3n) is 6.51. The summed E-state index contributed by atoms with van der Waals surface area (Å²) in [6.07, 6.45) is 7.35. The first-order valence-electron chi connectivity index (χ1n) is 11.7. The third kappa shape index (κ3) is 5.65. The number of benzene rings is 1. The lowest BCUT2D eigenvalue weighted by Gasteiger charge is -2.32. The van der Waals surface area contributed by atoms with Gasteiger partial charge in [-0.25, -0.2) is 4.98 Å². The van der Waals surface area contributed by atoms with Crippen molar-refractivity contribution in [1.82, 2.24) is 24.5 Å². The molecule has 0 saturated carbocycles. The van der Waals surface area contributed by atoms with Gasteiger partial charge in [-0.15, -0.1) is 0 Å². The minimum absolute atomic E-state index is 0.0770. The molecule has 1 aromatic carbocycles. The predicted molar refractivity (Wildman–Crippen MR) is 151 cm³/mol. The average Bonchev–Trinajstić information content (AvgIpc) is 3.29. The molecule has 36 heavy (non-hydrogen) atoms. The molecule has 1 N–H and O–H groups in total. The number of alkyl halides is 3. The van der Waals surface area contributed by atoms with E-state index in [1.807, 2.05) is 35.0 Å². The van der Waals surface area contributed by atoms with E-state index in [4.69, 9.17) is 4.98 Å². The van der Waals surface area contributed by atoms with Crippen LogP contribution in [0.15, 0.2) is 65.5 Å². The summed E-state index contributed by atoms with van der Waals surface area (Å²) in [6, 6.07) is 12.8. The fourth-order valence-electron chi connectivity index (χ4n) is 4.51. The van der Waals surface area contributed by atoms with Gasteiger partial charge in [0.1, 0.15) is 5.82 Å². The molecule has 1 saturated heterocycles. The molecule has 0 unspecified atom stereocenters. The topological polar surface area (TPSA) is 58.4 Å². The second-order valence-electron chi connectivity index (χ2n) is 8.89. The molecule has 0 bridgehead atoms. The second kappa shape index (κ2) is 11.0. The highest BCUT2D eigenvalue weighted by Crippen LogP contribution is 2.38. The Labute approximate surface area is 227 Å². The van der Waals surface area contributed by atoms with Gasteiger partial charge in [-0.2, -0.15) is 18.4 Å². The van der Waals surface area contributed by atoms with Crippen LogP contribution >= 0.6 is 36.7 Å². The van der Waals surface area contributed by atoms with Crippen LogP contribution in [-0.4, -0.2) is 42.1 Å². The summed E-state index contributed by atoms with van der Waals surface area (Å²) >= 11 is 2.17. The zero-order valence-electron chi connectivity index (χ0n) is 19.5. The van der Waals surface area contributed by atoms with Gasteiger partial charge in [0.15, 0.2) is 5.65 Å². The summed E-state index contributed by atoms with van der Waals surface area (Å²) in [5.41, 5.74) is 4.08. The Morgan fingerprint density at radius 3 is 2.58 bits per heavy atom. The Hall–Kier alpha value is -2.31. The summed E-state index contributed by atoms with van der Waals surface area (Å²) in [6.45, 7) is 3.26. The molecule has 1 aliphatic heterocycles. The average molecular weight is 667 g/mol. The maximum atomic E-state index is 13.9. The molecule has 0 amide bonds. The van der Waals surface area contributed by atoms with E-state index < -0.39 is 24.7 Å². The Morgan fingerprint density at radius 1 is 1.11 bits per heavy atom.